The molecule has 1 saturated carbocycles. The van der Waals surface area contributed by atoms with Crippen LogP contribution in [0.4, 0.5) is 8.78 Å². The van der Waals surface area contributed by atoms with E-state index in [-0.39, 0.29) is 11.5 Å². The molecule has 0 aromatic heterocycles. The maximum Gasteiger partial charge on any atom is 0.186 e. The lowest BCUT2D eigenvalue weighted by Gasteiger charge is -2.31. The largest absolute Gasteiger partial charge is 0.348 e. The van der Waals surface area contributed by atoms with E-state index in [1.165, 1.54) is 43.2 Å². The molecule has 2 aliphatic rings. The number of benzene rings is 2. The highest BCUT2D eigenvalue weighted by Gasteiger charge is 2.29. The van der Waals surface area contributed by atoms with Crippen molar-refractivity contribution < 1.29 is 18.3 Å². The molecular formula is C29H38F2O2. The van der Waals surface area contributed by atoms with E-state index in [4.69, 9.17) is 9.47 Å². The normalized spacial score (nSPS) is 25.8. The molecule has 0 atom stereocenters. The van der Waals surface area contributed by atoms with Gasteiger partial charge >= 0.3 is 0 Å². The maximum atomic E-state index is 14.7. The first kappa shape index (κ1) is 24.3. The molecule has 1 heterocycles. The topological polar surface area (TPSA) is 18.5 Å². The average Bonchev–Trinajstić information content (AvgIpc) is 2.87. The number of hydrogen-bond acceptors (Lipinski definition) is 2. The molecule has 0 unspecified atom stereocenters. The molecule has 2 nitrogen and oxygen atoms in total. The molecular weight excluding hydrogens is 418 g/mol. The predicted molar refractivity (Wildman–Crippen MR) is 128 cm³/mol. The van der Waals surface area contributed by atoms with Gasteiger partial charge in [-0.15, -0.1) is 0 Å². The Hall–Kier alpha value is -1.78. The third-order valence-electron chi connectivity index (χ3n) is 7.70. The Labute approximate surface area is 197 Å². The van der Waals surface area contributed by atoms with Gasteiger partial charge in [0, 0.05) is 11.5 Å². The number of rotatable bonds is 8. The molecule has 1 saturated heterocycles. The fourth-order valence-corrected chi connectivity index (χ4v) is 5.36. The molecule has 0 radical (unpaired) electrons. The van der Waals surface area contributed by atoms with Gasteiger partial charge in [-0.3, -0.25) is 0 Å². The molecule has 1 aliphatic carbocycles. The first-order valence-electron chi connectivity index (χ1n) is 12.9. The quantitative estimate of drug-likeness (QED) is 0.373. The van der Waals surface area contributed by atoms with Crippen LogP contribution in [-0.4, -0.2) is 13.2 Å². The van der Waals surface area contributed by atoms with E-state index in [0.29, 0.717) is 31.1 Å². The van der Waals surface area contributed by atoms with E-state index < -0.39 is 17.9 Å². The molecule has 2 fully saturated rings. The van der Waals surface area contributed by atoms with E-state index in [1.54, 1.807) is 12.1 Å². The summed E-state index contributed by atoms with van der Waals surface area (Å²) < 4.78 is 40.9. The van der Waals surface area contributed by atoms with Crippen LogP contribution in [0.5, 0.6) is 0 Å². The summed E-state index contributed by atoms with van der Waals surface area (Å²) >= 11 is 0. The van der Waals surface area contributed by atoms with E-state index in [0.717, 1.165) is 25.2 Å². The zero-order chi connectivity index (χ0) is 23.2. The number of halogens is 2. The Morgan fingerprint density at radius 1 is 0.758 bits per heavy atom. The van der Waals surface area contributed by atoms with Gasteiger partial charge in [-0.1, -0.05) is 69.5 Å². The lowest BCUT2D eigenvalue weighted by atomic mass is 9.77. The lowest BCUT2D eigenvalue weighted by molar-refractivity contribution is -0.193. The first-order chi connectivity index (χ1) is 16.1. The second-order valence-corrected chi connectivity index (χ2v) is 9.89. The molecule has 2 aromatic carbocycles. The second-order valence-electron chi connectivity index (χ2n) is 9.89. The summed E-state index contributed by atoms with van der Waals surface area (Å²) in [7, 11) is 0. The Bertz CT molecular complexity index is 879. The van der Waals surface area contributed by atoms with Gasteiger partial charge in [-0.2, -0.15) is 0 Å². The van der Waals surface area contributed by atoms with Crippen molar-refractivity contribution >= 4 is 0 Å². The molecule has 4 heteroatoms. The SMILES string of the molecule is CCCCCc1ccc(C2OCC(c3ccc(C4CCC(CC)CC4)cc3)CO2)c(F)c1F. The molecule has 1 aliphatic heterocycles. The molecule has 33 heavy (non-hydrogen) atoms. The Kier molecular flexibility index (Phi) is 8.54. The minimum absolute atomic E-state index is 0.104. The zero-order valence-electron chi connectivity index (χ0n) is 20.1. The van der Waals surface area contributed by atoms with E-state index in [1.807, 2.05) is 0 Å². The van der Waals surface area contributed by atoms with Crippen molar-refractivity contribution in [1.29, 1.82) is 0 Å². The van der Waals surface area contributed by atoms with Crippen LogP contribution in [0.1, 0.15) is 106 Å². The van der Waals surface area contributed by atoms with Gasteiger partial charge in [0.2, 0.25) is 0 Å². The highest BCUT2D eigenvalue weighted by Crippen LogP contribution is 2.38. The number of ether oxygens (including phenoxy) is 2. The fraction of sp³-hybridized carbons (Fsp3) is 0.586. The summed E-state index contributed by atoms with van der Waals surface area (Å²) in [5.74, 6) is 0.0805. The van der Waals surface area contributed by atoms with Crippen molar-refractivity contribution in [2.45, 2.75) is 89.8 Å². The lowest BCUT2D eigenvalue weighted by Crippen LogP contribution is -2.26. The summed E-state index contributed by atoms with van der Waals surface area (Å²) in [6.45, 7) is 5.26. The molecule has 0 spiro atoms. The van der Waals surface area contributed by atoms with Crippen LogP contribution in [0.15, 0.2) is 36.4 Å². The van der Waals surface area contributed by atoms with Crippen LogP contribution in [0, 0.1) is 17.6 Å². The Morgan fingerprint density at radius 3 is 2.00 bits per heavy atom. The summed E-state index contributed by atoms with van der Waals surface area (Å²) in [5.41, 5.74) is 3.20. The minimum atomic E-state index is -0.853. The Balaban J connectivity index is 1.33. The van der Waals surface area contributed by atoms with Crippen molar-refractivity contribution in [2.24, 2.45) is 5.92 Å². The molecule has 4 rings (SSSR count). The summed E-state index contributed by atoms with van der Waals surface area (Å²) in [6, 6.07) is 12.2. The monoisotopic (exact) mass is 456 g/mol. The minimum Gasteiger partial charge on any atom is -0.348 e. The van der Waals surface area contributed by atoms with Crippen LogP contribution < -0.4 is 0 Å². The first-order valence-corrected chi connectivity index (χ1v) is 12.9. The number of aryl methyl sites for hydroxylation is 1. The summed E-state index contributed by atoms with van der Waals surface area (Å²) in [5, 5.41) is 0. The smallest absolute Gasteiger partial charge is 0.186 e. The van der Waals surface area contributed by atoms with Crippen LogP contribution >= 0.6 is 0 Å². The summed E-state index contributed by atoms with van der Waals surface area (Å²) in [6.07, 6.45) is 9.18. The fourth-order valence-electron chi connectivity index (χ4n) is 5.36. The van der Waals surface area contributed by atoms with Gasteiger partial charge in [-0.05, 0) is 67.1 Å². The highest BCUT2D eigenvalue weighted by atomic mass is 19.2. The van der Waals surface area contributed by atoms with E-state index in [9.17, 15) is 8.78 Å². The van der Waals surface area contributed by atoms with Gasteiger partial charge in [0.05, 0.1) is 13.2 Å². The maximum absolute atomic E-state index is 14.7. The molecule has 0 amide bonds. The van der Waals surface area contributed by atoms with Crippen LogP contribution in [0.3, 0.4) is 0 Å². The predicted octanol–water partition coefficient (Wildman–Crippen LogP) is 8.21. The third kappa shape index (κ3) is 5.84. The number of unbranched alkanes of at least 4 members (excludes halogenated alkanes) is 2. The van der Waals surface area contributed by atoms with Gasteiger partial charge < -0.3 is 9.47 Å². The van der Waals surface area contributed by atoms with Crippen molar-refractivity contribution in [3.8, 4) is 0 Å². The van der Waals surface area contributed by atoms with Gasteiger partial charge in [-0.25, -0.2) is 8.78 Å². The van der Waals surface area contributed by atoms with Gasteiger partial charge in [0.15, 0.2) is 17.9 Å². The van der Waals surface area contributed by atoms with Crippen LogP contribution in [-0.2, 0) is 15.9 Å². The van der Waals surface area contributed by atoms with E-state index in [2.05, 4.69) is 38.1 Å². The standard InChI is InChI=1S/C29H38F2O2/c1-3-5-6-7-24-16-17-26(28(31)27(24)30)29-32-18-25(19-33-29)23-14-12-22(13-15-23)21-10-8-20(4-2)9-11-21/h12-17,20-21,25,29H,3-11,18-19H2,1-2H3. The van der Waals surface area contributed by atoms with Crippen molar-refractivity contribution in [1.82, 2.24) is 0 Å². The third-order valence-corrected chi connectivity index (χ3v) is 7.70. The second kappa shape index (κ2) is 11.6. The molecule has 2 aromatic rings. The van der Waals surface area contributed by atoms with Crippen LogP contribution in [0.2, 0.25) is 0 Å². The summed E-state index contributed by atoms with van der Waals surface area (Å²) in [4.78, 5) is 0. The number of hydrogen-bond donors (Lipinski definition) is 0. The molecule has 0 bridgehead atoms. The van der Waals surface area contributed by atoms with Crippen LogP contribution in [0.25, 0.3) is 0 Å². The Morgan fingerprint density at radius 2 is 1.39 bits per heavy atom. The molecule has 180 valence electrons. The molecule has 0 N–H and O–H groups in total. The average molecular weight is 457 g/mol. The van der Waals surface area contributed by atoms with Crippen molar-refractivity contribution in [3.05, 3.63) is 70.3 Å². The van der Waals surface area contributed by atoms with Gasteiger partial charge in [0.1, 0.15) is 0 Å². The zero-order valence-corrected chi connectivity index (χ0v) is 20.1. The van der Waals surface area contributed by atoms with Gasteiger partial charge in [0.25, 0.3) is 0 Å². The highest BCUT2D eigenvalue weighted by molar-refractivity contribution is 5.30. The van der Waals surface area contributed by atoms with Crippen molar-refractivity contribution in [2.75, 3.05) is 13.2 Å². The van der Waals surface area contributed by atoms with E-state index >= 15 is 0 Å². The van der Waals surface area contributed by atoms with Crippen molar-refractivity contribution in [3.63, 3.8) is 0 Å².